The summed E-state index contributed by atoms with van der Waals surface area (Å²) < 4.78 is 1.66. The normalized spacial score (nSPS) is 11.0. The average molecular weight is 429 g/mol. The van der Waals surface area contributed by atoms with Gasteiger partial charge in [-0.3, -0.25) is 14.9 Å². The van der Waals surface area contributed by atoms with Crippen LogP contribution in [0.25, 0.3) is 15.5 Å². The summed E-state index contributed by atoms with van der Waals surface area (Å²) >= 11 is 7.45. The van der Waals surface area contributed by atoms with Gasteiger partial charge in [-0.05, 0) is 31.5 Å². The monoisotopic (exact) mass is 428 g/mol. The molecule has 0 aliphatic heterocycles. The molecule has 0 saturated carbocycles. The van der Waals surface area contributed by atoms with Crippen LogP contribution in [0.4, 0.5) is 11.4 Å². The molecule has 0 atom stereocenters. The van der Waals surface area contributed by atoms with Gasteiger partial charge in [-0.15, -0.1) is 10.2 Å². The molecule has 146 valence electrons. The van der Waals surface area contributed by atoms with E-state index in [1.54, 1.807) is 4.52 Å². The summed E-state index contributed by atoms with van der Waals surface area (Å²) in [7, 11) is 0. The van der Waals surface area contributed by atoms with Gasteiger partial charge in [-0.1, -0.05) is 35.1 Å². The van der Waals surface area contributed by atoms with Crippen LogP contribution in [0.3, 0.4) is 0 Å². The Morgan fingerprint density at radius 1 is 1.21 bits per heavy atom. The van der Waals surface area contributed by atoms with E-state index in [9.17, 15) is 14.9 Å². The molecule has 11 heteroatoms. The fourth-order valence-corrected chi connectivity index (χ4v) is 3.85. The van der Waals surface area contributed by atoms with E-state index >= 15 is 0 Å². The van der Waals surface area contributed by atoms with Crippen LogP contribution < -0.4 is 5.32 Å². The Bertz CT molecular complexity index is 1280. The molecule has 1 amide bonds. The molecule has 29 heavy (non-hydrogen) atoms. The topological polar surface area (TPSA) is 115 Å². The van der Waals surface area contributed by atoms with E-state index in [1.807, 2.05) is 32.0 Å². The number of carbonyl (C=O) groups is 1. The first-order valence-corrected chi connectivity index (χ1v) is 9.58. The fraction of sp³-hybridized carbons (Fsp3) is 0.111. The molecule has 0 aliphatic carbocycles. The van der Waals surface area contributed by atoms with Crippen molar-refractivity contribution in [2.24, 2.45) is 0 Å². The van der Waals surface area contributed by atoms with Gasteiger partial charge in [0.2, 0.25) is 4.96 Å². The van der Waals surface area contributed by atoms with Gasteiger partial charge in [0.05, 0.1) is 15.5 Å². The van der Waals surface area contributed by atoms with Crippen LogP contribution >= 0.6 is 22.9 Å². The number of nitrogens with zero attached hydrogens (tertiary/aromatic N) is 5. The number of anilines is 1. The summed E-state index contributed by atoms with van der Waals surface area (Å²) in [6.45, 7) is 3.68. The Morgan fingerprint density at radius 2 is 2.00 bits per heavy atom. The molecule has 9 nitrogen and oxygen atoms in total. The molecular weight excluding hydrogens is 416 g/mol. The second kappa shape index (κ2) is 7.22. The third-order valence-corrected chi connectivity index (χ3v) is 5.55. The zero-order valence-corrected chi connectivity index (χ0v) is 16.8. The Morgan fingerprint density at radius 3 is 2.69 bits per heavy atom. The summed E-state index contributed by atoms with van der Waals surface area (Å²) in [5, 5.41) is 26.9. The van der Waals surface area contributed by atoms with Gasteiger partial charge in [0.25, 0.3) is 11.6 Å². The highest BCUT2D eigenvalue weighted by Crippen LogP contribution is 2.30. The van der Waals surface area contributed by atoms with Crippen molar-refractivity contribution in [2.45, 2.75) is 13.8 Å². The number of rotatable bonds is 4. The second-order valence-corrected chi connectivity index (χ2v) is 7.62. The maximum absolute atomic E-state index is 12.7. The van der Waals surface area contributed by atoms with Crippen molar-refractivity contribution < 1.29 is 9.72 Å². The molecule has 4 rings (SSSR count). The van der Waals surface area contributed by atoms with E-state index < -0.39 is 10.8 Å². The van der Waals surface area contributed by atoms with Gasteiger partial charge in [0.15, 0.2) is 5.82 Å². The average Bonchev–Trinajstić information content (AvgIpc) is 3.25. The number of aromatic nitrogens is 4. The third-order valence-electron chi connectivity index (χ3n) is 4.29. The summed E-state index contributed by atoms with van der Waals surface area (Å²) in [5.41, 5.74) is 2.22. The zero-order valence-electron chi connectivity index (χ0n) is 15.2. The Balaban J connectivity index is 1.64. The first-order chi connectivity index (χ1) is 13.8. The molecule has 0 aliphatic rings. The standard InChI is InChI=1S/C18H13ClN6O3S/c1-9-3-4-11(17-23-24-10(2)21-22-18(24)29-17)7-15(9)20-16(26)13-6-5-12(25(27)28)8-14(13)19/h3-8H,1-2H3,(H,20,26). The first-order valence-electron chi connectivity index (χ1n) is 8.38. The van der Waals surface area contributed by atoms with Crippen LogP contribution in [0.1, 0.15) is 21.7 Å². The molecule has 2 aromatic heterocycles. The number of nitro groups is 1. The third kappa shape index (κ3) is 3.55. The van der Waals surface area contributed by atoms with E-state index in [2.05, 4.69) is 20.6 Å². The fourth-order valence-electron chi connectivity index (χ4n) is 2.71. The molecular formula is C18H13ClN6O3S. The minimum Gasteiger partial charge on any atom is -0.322 e. The van der Waals surface area contributed by atoms with Crippen molar-refractivity contribution in [3.05, 3.63) is 68.5 Å². The lowest BCUT2D eigenvalue weighted by Crippen LogP contribution is -2.13. The highest BCUT2D eigenvalue weighted by molar-refractivity contribution is 7.19. The van der Waals surface area contributed by atoms with Gasteiger partial charge < -0.3 is 5.32 Å². The number of nitrogens with one attached hydrogen (secondary N) is 1. The van der Waals surface area contributed by atoms with Gasteiger partial charge in [0.1, 0.15) is 5.01 Å². The summed E-state index contributed by atoms with van der Waals surface area (Å²) in [4.78, 5) is 23.6. The number of fused-ring (bicyclic) bond motifs is 1. The molecule has 0 radical (unpaired) electrons. The molecule has 0 unspecified atom stereocenters. The number of nitro benzene ring substituents is 1. The SMILES string of the molecule is Cc1ccc(-c2nn3c(C)nnc3s2)cc1NC(=O)c1ccc([N+](=O)[O-])cc1Cl. The quantitative estimate of drug-likeness (QED) is 0.383. The number of carbonyl (C=O) groups excluding carboxylic acids is 1. The summed E-state index contributed by atoms with van der Waals surface area (Å²) in [5.74, 6) is 0.232. The Labute approximate surface area is 173 Å². The highest BCUT2D eigenvalue weighted by Gasteiger charge is 2.17. The number of halogens is 1. The van der Waals surface area contributed by atoms with E-state index in [4.69, 9.17) is 11.6 Å². The van der Waals surface area contributed by atoms with Crippen LogP contribution in [0.2, 0.25) is 5.02 Å². The maximum atomic E-state index is 12.7. The van der Waals surface area contributed by atoms with Crippen LogP contribution in [0.15, 0.2) is 36.4 Å². The largest absolute Gasteiger partial charge is 0.322 e. The predicted molar refractivity (Wildman–Crippen MR) is 110 cm³/mol. The molecule has 4 aromatic rings. The molecule has 1 N–H and O–H groups in total. The van der Waals surface area contributed by atoms with Crippen LogP contribution in [-0.4, -0.2) is 30.6 Å². The molecule has 2 aromatic carbocycles. The first kappa shape index (κ1) is 19.0. The van der Waals surface area contributed by atoms with Crippen molar-refractivity contribution in [3.63, 3.8) is 0 Å². The van der Waals surface area contributed by atoms with Gasteiger partial charge in [-0.25, -0.2) is 0 Å². The molecule has 0 fully saturated rings. The minimum absolute atomic E-state index is 0.00892. The van der Waals surface area contributed by atoms with Gasteiger partial charge in [-0.2, -0.15) is 9.61 Å². The number of amides is 1. The predicted octanol–water partition coefficient (Wildman–Crippen LogP) is 4.28. The zero-order chi connectivity index (χ0) is 20.7. The number of benzene rings is 2. The molecule has 0 bridgehead atoms. The van der Waals surface area contributed by atoms with E-state index in [-0.39, 0.29) is 16.3 Å². The lowest BCUT2D eigenvalue weighted by molar-refractivity contribution is -0.384. The van der Waals surface area contributed by atoms with E-state index in [0.29, 0.717) is 16.5 Å². The number of hydrogen-bond donors (Lipinski definition) is 1. The summed E-state index contributed by atoms with van der Waals surface area (Å²) in [6.07, 6.45) is 0. The van der Waals surface area contributed by atoms with Crippen molar-refractivity contribution in [2.75, 3.05) is 5.32 Å². The number of hydrogen-bond acceptors (Lipinski definition) is 7. The molecule has 0 spiro atoms. The van der Waals surface area contributed by atoms with Crippen molar-refractivity contribution in [1.29, 1.82) is 0 Å². The lowest BCUT2D eigenvalue weighted by Gasteiger charge is -2.10. The van der Waals surface area contributed by atoms with Crippen molar-refractivity contribution >= 4 is 45.2 Å². The van der Waals surface area contributed by atoms with Crippen molar-refractivity contribution in [3.8, 4) is 10.6 Å². The number of non-ortho nitro benzene ring substituents is 1. The van der Waals surface area contributed by atoms with Crippen molar-refractivity contribution in [1.82, 2.24) is 19.8 Å². The van der Waals surface area contributed by atoms with Gasteiger partial charge in [0, 0.05) is 23.4 Å². The van der Waals surface area contributed by atoms with Gasteiger partial charge >= 0.3 is 0 Å². The Kier molecular flexibility index (Phi) is 4.73. The summed E-state index contributed by atoms with van der Waals surface area (Å²) in [6, 6.07) is 9.32. The minimum atomic E-state index is -0.566. The molecule has 2 heterocycles. The lowest BCUT2D eigenvalue weighted by atomic mass is 10.1. The van der Waals surface area contributed by atoms with E-state index in [0.717, 1.165) is 22.2 Å². The van der Waals surface area contributed by atoms with Crippen LogP contribution in [0.5, 0.6) is 0 Å². The van der Waals surface area contributed by atoms with Crippen LogP contribution in [0, 0.1) is 24.0 Å². The smallest absolute Gasteiger partial charge is 0.270 e. The Hall–Kier alpha value is -3.37. The van der Waals surface area contributed by atoms with Crippen LogP contribution in [-0.2, 0) is 0 Å². The number of aryl methyl sites for hydroxylation is 2. The highest BCUT2D eigenvalue weighted by atomic mass is 35.5. The maximum Gasteiger partial charge on any atom is 0.270 e. The molecule has 0 saturated heterocycles. The van der Waals surface area contributed by atoms with E-state index in [1.165, 1.54) is 23.5 Å². The second-order valence-electron chi connectivity index (χ2n) is 6.25.